The van der Waals surface area contributed by atoms with Crippen LogP contribution in [0.15, 0.2) is 54.6 Å². The van der Waals surface area contributed by atoms with Crippen LogP contribution in [0.25, 0.3) is 0 Å². The number of rotatable bonds is 3. The minimum Gasteiger partial charge on any atom is -0.388 e. The van der Waals surface area contributed by atoms with Crippen LogP contribution in [0.2, 0.25) is 0 Å². The van der Waals surface area contributed by atoms with Gasteiger partial charge in [0.1, 0.15) is 0 Å². The molecular weight excluding hydrogens is 311 g/mol. The van der Waals surface area contributed by atoms with Gasteiger partial charge in [0.2, 0.25) is 0 Å². The Morgan fingerprint density at radius 2 is 1.56 bits per heavy atom. The predicted molar refractivity (Wildman–Crippen MR) is 74.3 cm³/mol. The molecule has 16 heavy (non-hydrogen) atoms. The van der Waals surface area contributed by atoms with Crippen LogP contribution < -0.4 is 0 Å². The molecule has 0 spiro atoms. The molecule has 2 aromatic rings. The lowest BCUT2D eigenvalue weighted by atomic mass is 10.0. The highest BCUT2D eigenvalue weighted by Crippen LogP contribution is 2.18. The Morgan fingerprint density at radius 1 is 0.938 bits per heavy atom. The van der Waals surface area contributed by atoms with E-state index in [0.717, 1.165) is 11.1 Å². The van der Waals surface area contributed by atoms with Crippen molar-refractivity contribution in [2.24, 2.45) is 0 Å². The summed E-state index contributed by atoms with van der Waals surface area (Å²) in [6.07, 6.45) is 0.252. The number of aliphatic hydroxyl groups excluding tert-OH is 1. The summed E-state index contributed by atoms with van der Waals surface area (Å²) in [6.45, 7) is 0. The summed E-state index contributed by atoms with van der Waals surface area (Å²) in [5.74, 6) is 0. The zero-order valence-corrected chi connectivity index (χ0v) is 11.0. The molecule has 2 rings (SSSR count). The first-order valence-electron chi connectivity index (χ1n) is 5.23. The maximum absolute atomic E-state index is 10.0. The lowest BCUT2D eigenvalue weighted by Crippen LogP contribution is -2.01. The van der Waals surface area contributed by atoms with E-state index < -0.39 is 6.10 Å². The van der Waals surface area contributed by atoms with E-state index in [4.69, 9.17) is 0 Å². The molecule has 0 heterocycles. The van der Waals surface area contributed by atoms with Gasteiger partial charge >= 0.3 is 0 Å². The second kappa shape index (κ2) is 5.46. The quantitative estimate of drug-likeness (QED) is 0.856. The lowest BCUT2D eigenvalue weighted by molar-refractivity contribution is 0.178. The monoisotopic (exact) mass is 324 g/mol. The van der Waals surface area contributed by atoms with Crippen LogP contribution in [0.3, 0.4) is 0 Å². The largest absolute Gasteiger partial charge is 0.388 e. The highest BCUT2D eigenvalue weighted by Gasteiger charge is 2.07. The molecule has 1 N–H and O–H groups in total. The molecule has 1 atom stereocenters. The van der Waals surface area contributed by atoms with Crippen LogP contribution in [-0.2, 0) is 6.42 Å². The number of halogens is 1. The maximum Gasteiger partial charge on any atom is 0.0830 e. The molecular formula is C14H13IO. The van der Waals surface area contributed by atoms with Gasteiger partial charge in [-0.25, -0.2) is 0 Å². The molecule has 0 amide bonds. The molecule has 0 saturated carbocycles. The molecule has 0 bridgehead atoms. The summed E-state index contributed by atoms with van der Waals surface area (Å²) < 4.78 is 1.22. The van der Waals surface area contributed by atoms with Crippen LogP contribution in [0.5, 0.6) is 0 Å². The zero-order valence-electron chi connectivity index (χ0n) is 8.81. The van der Waals surface area contributed by atoms with Crippen molar-refractivity contribution in [3.8, 4) is 0 Å². The van der Waals surface area contributed by atoms with Crippen molar-refractivity contribution in [2.75, 3.05) is 0 Å². The topological polar surface area (TPSA) is 20.2 Å². The first-order valence-corrected chi connectivity index (χ1v) is 6.31. The average Bonchev–Trinajstić information content (AvgIpc) is 2.33. The molecule has 82 valence electrons. The van der Waals surface area contributed by atoms with Gasteiger partial charge in [-0.1, -0.05) is 42.5 Å². The summed E-state index contributed by atoms with van der Waals surface area (Å²) in [4.78, 5) is 0. The van der Waals surface area contributed by atoms with E-state index in [1.807, 2.05) is 30.3 Å². The van der Waals surface area contributed by atoms with Gasteiger partial charge in [0, 0.05) is 9.99 Å². The highest BCUT2D eigenvalue weighted by molar-refractivity contribution is 14.1. The fourth-order valence-corrected chi connectivity index (χ4v) is 2.00. The van der Waals surface area contributed by atoms with Crippen LogP contribution in [-0.4, -0.2) is 5.11 Å². The molecule has 2 aromatic carbocycles. The Labute approximate surface area is 109 Å². The van der Waals surface area contributed by atoms with Gasteiger partial charge in [0.25, 0.3) is 0 Å². The average molecular weight is 324 g/mol. The summed E-state index contributed by atoms with van der Waals surface area (Å²) in [7, 11) is 0. The van der Waals surface area contributed by atoms with Crippen LogP contribution >= 0.6 is 22.6 Å². The first-order chi connectivity index (χ1) is 7.75. The minimum absolute atomic E-state index is 0.415. The van der Waals surface area contributed by atoms with Crippen LogP contribution in [0, 0.1) is 3.57 Å². The van der Waals surface area contributed by atoms with E-state index >= 15 is 0 Å². The van der Waals surface area contributed by atoms with E-state index in [9.17, 15) is 5.11 Å². The van der Waals surface area contributed by atoms with E-state index in [1.54, 1.807) is 0 Å². The Balaban J connectivity index is 2.08. The maximum atomic E-state index is 10.0. The molecule has 2 heteroatoms. The summed E-state index contributed by atoms with van der Waals surface area (Å²) in [5.41, 5.74) is 2.14. The Kier molecular flexibility index (Phi) is 3.96. The summed E-state index contributed by atoms with van der Waals surface area (Å²) in [6, 6.07) is 18.0. The van der Waals surface area contributed by atoms with Crippen molar-refractivity contribution in [2.45, 2.75) is 12.5 Å². The minimum atomic E-state index is -0.415. The van der Waals surface area contributed by atoms with Crippen molar-refractivity contribution < 1.29 is 5.11 Å². The van der Waals surface area contributed by atoms with Crippen molar-refractivity contribution >= 4 is 22.6 Å². The molecule has 0 aliphatic heterocycles. The third kappa shape index (κ3) is 3.06. The normalized spacial score (nSPS) is 12.4. The number of benzene rings is 2. The number of hydrogen-bond donors (Lipinski definition) is 1. The molecule has 1 nitrogen and oxygen atoms in total. The molecule has 0 saturated heterocycles. The predicted octanol–water partition coefficient (Wildman–Crippen LogP) is 3.57. The molecule has 0 fully saturated rings. The third-order valence-electron chi connectivity index (χ3n) is 2.53. The standard InChI is InChI=1S/C14H13IO/c15-13-8-6-11(7-9-13)10-14(16)12-4-2-1-3-5-12/h1-9,14,16H,10H2. The van der Waals surface area contributed by atoms with Gasteiger partial charge in [-0.3, -0.25) is 0 Å². The van der Waals surface area contributed by atoms with Gasteiger partial charge in [-0.2, -0.15) is 0 Å². The van der Waals surface area contributed by atoms with E-state index in [-0.39, 0.29) is 0 Å². The molecule has 1 unspecified atom stereocenters. The number of aliphatic hydroxyl groups is 1. The van der Waals surface area contributed by atoms with E-state index in [2.05, 4.69) is 46.9 Å². The molecule has 0 radical (unpaired) electrons. The Bertz CT molecular complexity index is 436. The Hall–Kier alpha value is -0.870. The highest BCUT2D eigenvalue weighted by atomic mass is 127. The molecule has 0 aliphatic rings. The van der Waals surface area contributed by atoms with Crippen molar-refractivity contribution in [3.05, 3.63) is 69.3 Å². The lowest BCUT2D eigenvalue weighted by Gasteiger charge is -2.10. The SMILES string of the molecule is OC(Cc1ccc(I)cc1)c1ccccc1. The first kappa shape index (κ1) is 11.6. The third-order valence-corrected chi connectivity index (χ3v) is 3.25. The van der Waals surface area contributed by atoms with Gasteiger partial charge in [-0.15, -0.1) is 0 Å². The van der Waals surface area contributed by atoms with Crippen molar-refractivity contribution in [3.63, 3.8) is 0 Å². The van der Waals surface area contributed by atoms with E-state index in [0.29, 0.717) is 6.42 Å². The Morgan fingerprint density at radius 3 is 2.19 bits per heavy atom. The van der Waals surface area contributed by atoms with Gasteiger partial charge in [0.15, 0.2) is 0 Å². The second-order valence-corrected chi connectivity index (χ2v) is 5.00. The van der Waals surface area contributed by atoms with Gasteiger partial charge in [-0.05, 0) is 45.9 Å². The van der Waals surface area contributed by atoms with Crippen LogP contribution in [0.1, 0.15) is 17.2 Å². The zero-order chi connectivity index (χ0) is 11.4. The van der Waals surface area contributed by atoms with Crippen molar-refractivity contribution in [1.82, 2.24) is 0 Å². The summed E-state index contributed by atoms with van der Waals surface area (Å²) in [5, 5.41) is 10.0. The summed E-state index contributed by atoms with van der Waals surface area (Å²) >= 11 is 2.28. The van der Waals surface area contributed by atoms with Gasteiger partial charge in [0.05, 0.1) is 6.10 Å². The van der Waals surface area contributed by atoms with Gasteiger partial charge < -0.3 is 5.11 Å². The molecule has 0 aromatic heterocycles. The van der Waals surface area contributed by atoms with Crippen molar-refractivity contribution in [1.29, 1.82) is 0 Å². The second-order valence-electron chi connectivity index (χ2n) is 3.76. The smallest absolute Gasteiger partial charge is 0.0830 e. The number of hydrogen-bond acceptors (Lipinski definition) is 1. The van der Waals surface area contributed by atoms with E-state index in [1.165, 1.54) is 3.57 Å². The fourth-order valence-electron chi connectivity index (χ4n) is 1.64. The fraction of sp³-hybridized carbons (Fsp3) is 0.143. The van der Waals surface area contributed by atoms with Crippen LogP contribution in [0.4, 0.5) is 0 Å². The molecule has 0 aliphatic carbocycles.